The van der Waals surface area contributed by atoms with Crippen molar-refractivity contribution in [3.63, 3.8) is 0 Å². The molecule has 84 valence electrons. The van der Waals surface area contributed by atoms with Gasteiger partial charge in [-0.2, -0.15) is 0 Å². The molecule has 1 aromatic rings. The first-order chi connectivity index (χ1) is 7.65. The number of amides is 2. The molecule has 0 saturated carbocycles. The second-order valence-electron chi connectivity index (χ2n) is 3.65. The highest BCUT2D eigenvalue weighted by Crippen LogP contribution is 2.14. The van der Waals surface area contributed by atoms with Crippen molar-refractivity contribution < 1.29 is 14.0 Å². The Kier molecular flexibility index (Phi) is 2.85. The molecule has 0 bridgehead atoms. The Balaban J connectivity index is 2.02. The number of halogens is 1. The molecule has 1 saturated heterocycles. The Morgan fingerprint density at radius 3 is 2.56 bits per heavy atom. The molecule has 0 spiro atoms. The minimum atomic E-state index is -0.428. The molecule has 4 nitrogen and oxygen atoms in total. The second kappa shape index (κ2) is 4.30. The third kappa shape index (κ3) is 2.36. The molecule has 1 heterocycles. The number of benzene rings is 1. The molecule has 1 unspecified atom stereocenters. The van der Waals surface area contributed by atoms with Crippen molar-refractivity contribution in [3.8, 4) is 0 Å². The van der Waals surface area contributed by atoms with Gasteiger partial charge in [-0.1, -0.05) is 0 Å². The van der Waals surface area contributed by atoms with Crippen LogP contribution in [0.3, 0.4) is 0 Å². The van der Waals surface area contributed by atoms with Crippen LogP contribution in [-0.4, -0.2) is 17.9 Å². The van der Waals surface area contributed by atoms with E-state index in [4.69, 9.17) is 0 Å². The van der Waals surface area contributed by atoms with Crippen LogP contribution in [0.2, 0.25) is 0 Å². The average Bonchev–Trinajstić information content (AvgIpc) is 2.25. The summed E-state index contributed by atoms with van der Waals surface area (Å²) in [4.78, 5) is 22.3. The monoisotopic (exact) mass is 222 g/mol. The Bertz CT molecular complexity index is 416. The van der Waals surface area contributed by atoms with Crippen LogP contribution in [-0.2, 0) is 9.59 Å². The van der Waals surface area contributed by atoms with Gasteiger partial charge < -0.3 is 5.32 Å². The molecule has 2 rings (SSSR count). The van der Waals surface area contributed by atoms with Crippen molar-refractivity contribution in [2.75, 3.05) is 5.32 Å². The number of hydrogen-bond acceptors (Lipinski definition) is 3. The minimum Gasteiger partial charge on any atom is -0.374 e. The van der Waals surface area contributed by atoms with Crippen LogP contribution < -0.4 is 10.6 Å². The van der Waals surface area contributed by atoms with Gasteiger partial charge in [0, 0.05) is 12.1 Å². The lowest BCUT2D eigenvalue weighted by Gasteiger charge is -2.22. The smallest absolute Gasteiger partial charge is 0.249 e. The number of nitrogens with one attached hydrogen (secondary N) is 2. The number of imide groups is 1. The molecule has 5 heteroatoms. The van der Waals surface area contributed by atoms with Crippen molar-refractivity contribution in [2.45, 2.75) is 18.9 Å². The van der Waals surface area contributed by atoms with Gasteiger partial charge in [0.05, 0.1) is 0 Å². The van der Waals surface area contributed by atoms with E-state index in [2.05, 4.69) is 10.6 Å². The zero-order valence-corrected chi connectivity index (χ0v) is 8.50. The standard InChI is InChI=1S/C11H11FN2O2/c12-7-1-3-8(4-2-7)13-9-5-6-10(15)14-11(9)16/h1-4,9,13H,5-6H2,(H,14,15,16). The van der Waals surface area contributed by atoms with Gasteiger partial charge in [-0.05, 0) is 30.7 Å². The highest BCUT2D eigenvalue weighted by molar-refractivity contribution is 6.01. The third-order valence-corrected chi connectivity index (χ3v) is 2.42. The largest absolute Gasteiger partial charge is 0.374 e. The Morgan fingerprint density at radius 1 is 1.25 bits per heavy atom. The van der Waals surface area contributed by atoms with Gasteiger partial charge >= 0.3 is 0 Å². The maximum atomic E-state index is 12.6. The molecule has 1 aliphatic heterocycles. The summed E-state index contributed by atoms with van der Waals surface area (Å²) in [6.45, 7) is 0. The highest BCUT2D eigenvalue weighted by Gasteiger charge is 2.26. The van der Waals surface area contributed by atoms with Crippen molar-refractivity contribution in [1.82, 2.24) is 5.32 Å². The molecule has 0 radical (unpaired) electrons. The van der Waals surface area contributed by atoms with E-state index in [1.54, 1.807) is 12.1 Å². The highest BCUT2D eigenvalue weighted by atomic mass is 19.1. The van der Waals surface area contributed by atoms with Crippen LogP contribution in [0.4, 0.5) is 10.1 Å². The molecule has 2 N–H and O–H groups in total. The van der Waals surface area contributed by atoms with Crippen LogP contribution in [0.25, 0.3) is 0 Å². The molecular weight excluding hydrogens is 211 g/mol. The van der Waals surface area contributed by atoms with E-state index in [-0.39, 0.29) is 17.6 Å². The normalized spacial score (nSPS) is 20.4. The van der Waals surface area contributed by atoms with Crippen LogP contribution in [0.1, 0.15) is 12.8 Å². The predicted molar refractivity (Wildman–Crippen MR) is 56.2 cm³/mol. The van der Waals surface area contributed by atoms with Crippen molar-refractivity contribution in [2.24, 2.45) is 0 Å². The molecule has 0 aromatic heterocycles. The first kappa shape index (κ1) is 10.6. The zero-order chi connectivity index (χ0) is 11.5. The maximum absolute atomic E-state index is 12.6. The molecule has 1 atom stereocenters. The lowest BCUT2D eigenvalue weighted by Crippen LogP contribution is -2.47. The van der Waals surface area contributed by atoms with E-state index in [1.165, 1.54) is 12.1 Å². The fourth-order valence-electron chi connectivity index (χ4n) is 1.58. The third-order valence-electron chi connectivity index (χ3n) is 2.42. The summed E-state index contributed by atoms with van der Waals surface area (Å²) in [7, 11) is 0. The quantitative estimate of drug-likeness (QED) is 0.735. The number of carbonyl (C=O) groups excluding carboxylic acids is 2. The van der Waals surface area contributed by atoms with Gasteiger partial charge in [-0.25, -0.2) is 4.39 Å². The Labute approximate surface area is 91.8 Å². The van der Waals surface area contributed by atoms with E-state index in [0.717, 1.165) is 0 Å². The van der Waals surface area contributed by atoms with E-state index in [0.29, 0.717) is 18.5 Å². The number of anilines is 1. The van der Waals surface area contributed by atoms with E-state index < -0.39 is 6.04 Å². The summed E-state index contributed by atoms with van der Waals surface area (Å²) < 4.78 is 12.6. The fourth-order valence-corrected chi connectivity index (χ4v) is 1.58. The molecule has 1 aromatic carbocycles. The van der Waals surface area contributed by atoms with E-state index in [1.807, 2.05) is 0 Å². The lowest BCUT2D eigenvalue weighted by atomic mass is 10.1. The van der Waals surface area contributed by atoms with Crippen LogP contribution >= 0.6 is 0 Å². The van der Waals surface area contributed by atoms with Crippen LogP contribution in [0.15, 0.2) is 24.3 Å². The van der Waals surface area contributed by atoms with Crippen molar-refractivity contribution >= 4 is 17.5 Å². The molecule has 2 amide bonds. The summed E-state index contributed by atoms with van der Waals surface area (Å²) >= 11 is 0. The zero-order valence-electron chi connectivity index (χ0n) is 8.50. The van der Waals surface area contributed by atoms with E-state index in [9.17, 15) is 14.0 Å². The molecule has 1 aliphatic rings. The summed E-state index contributed by atoms with van der Waals surface area (Å²) in [6, 6.07) is 5.31. The van der Waals surface area contributed by atoms with Crippen molar-refractivity contribution in [3.05, 3.63) is 30.1 Å². The first-order valence-corrected chi connectivity index (χ1v) is 5.01. The molecule has 1 fully saturated rings. The Morgan fingerprint density at radius 2 is 1.94 bits per heavy atom. The first-order valence-electron chi connectivity index (χ1n) is 5.01. The number of piperidine rings is 1. The maximum Gasteiger partial charge on any atom is 0.249 e. The SMILES string of the molecule is O=C1CCC(Nc2ccc(F)cc2)C(=O)N1. The van der Waals surface area contributed by atoms with Gasteiger partial charge in [0.15, 0.2) is 0 Å². The van der Waals surface area contributed by atoms with Gasteiger partial charge in [0.1, 0.15) is 11.9 Å². The summed E-state index contributed by atoms with van der Waals surface area (Å²) in [5.41, 5.74) is 0.663. The van der Waals surface area contributed by atoms with Gasteiger partial charge in [-0.3, -0.25) is 14.9 Å². The van der Waals surface area contributed by atoms with Gasteiger partial charge in [0.25, 0.3) is 0 Å². The number of rotatable bonds is 2. The van der Waals surface area contributed by atoms with Gasteiger partial charge in [-0.15, -0.1) is 0 Å². The summed E-state index contributed by atoms with van der Waals surface area (Å²) in [5.74, 6) is -0.906. The summed E-state index contributed by atoms with van der Waals surface area (Å²) in [5, 5.41) is 5.19. The predicted octanol–water partition coefficient (Wildman–Crippen LogP) is 1.04. The Hall–Kier alpha value is -1.91. The molecule has 0 aliphatic carbocycles. The lowest BCUT2D eigenvalue weighted by molar-refractivity contribution is -0.133. The molecule has 16 heavy (non-hydrogen) atoms. The number of hydrogen-bond donors (Lipinski definition) is 2. The van der Waals surface area contributed by atoms with Crippen LogP contribution in [0, 0.1) is 5.82 Å². The van der Waals surface area contributed by atoms with Crippen molar-refractivity contribution in [1.29, 1.82) is 0 Å². The number of carbonyl (C=O) groups is 2. The van der Waals surface area contributed by atoms with Gasteiger partial charge in [0.2, 0.25) is 11.8 Å². The topological polar surface area (TPSA) is 58.2 Å². The minimum absolute atomic E-state index is 0.248. The summed E-state index contributed by atoms with van der Waals surface area (Å²) in [6.07, 6.45) is 0.784. The average molecular weight is 222 g/mol. The fraction of sp³-hybridized carbons (Fsp3) is 0.273. The second-order valence-corrected chi connectivity index (χ2v) is 3.65. The van der Waals surface area contributed by atoms with E-state index >= 15 is 0 Å². The molecular formula is C11H11FN2O2. The van der Waals surface area contributed by atoms with Crippen LogP contribution in [0.5, 0.6) is 0 Å².